The second kappa shape index (κ2) is 5.15. The number of Topliss-reactive ketones (excluding diaryl/α,β-unsaturated/α-hetero) is 1. The van der Waals surface area contributed by atoms with Crippen molar-refractivity contribution in [3.05, 3.63) is 34.6 Å². The smallest absolute Gasteiger partial charge is 0.156 e. The molecule has 0 aliphatic carbocycles. The van der Waals surface area contributed by atoms with Gasteiger partial charge in [-0.2, -0.15) is 0 Å². The number of hydrogen-bond acceptors (Lipinski definition) is 2. The van der Waals surface area contributed by atoms with Crippen LogP contribution in [0.3, 0.4) is 0 Å². The number of benzene rings is 1. The maximum Gasteiger partial charge on any atom is 0.156 e. The van der Waals surface area contributed by atoms with Crippen LogP contribution in [0.4, 0.5) is 4.39 Å². The van der Waals surface area contributed by atoms with Crippen molar-refractivity contribution in [3.8, 4) is 0 Å². The van der Waals surface area contributed by atoms with E-state index in [2.05, 4.69) is 0 Å². The van der Waals surface area contributed by atoms with Crippen LogP contribution in [0.15, 0.2) is 18.2 Å². The predicted octanol–water partition coefficient (Wildman–Crippen LogP) is 2.93. The van der Waals surface area contributed by atoms with E-state index in [1.54, 1.807) is 0 Å². The van der Waals surface area contributed by atoms with E-state index < -0.39 is 11.4 Å². The standard InChI is InChI=1S/C13H17ClFNO/c1-13(2,16(3)4)12(17)8-9-7-10(14)5-6-11(9)15/h5-7H,8H2,1-4H3. The van der Waals surface area contributed by atoms with Crippen molar-refractivity contribution < 1.29 is 9.18 Å². The topological polar surface area (TPSA) is 20.3 Å². The van der Waals surface area contributed by atoms with Gasteiger partial charge in [0.2, 0.25) is 0 Å². The van der Waals surface area contributed by atoms with Crippen molar-refractivity contribution in [3.63, 3.8) is 0 Å². The summed E-state index contributed by atoms with van der Waals surface area (Å²) in [5.41, 5.74) is -0.271. The molecule has 0 N–H and O–H groups in total. The Morgan fingerprint density at radius 1 is 1.41 bits per heavy atom. The van der Waals surface area contributed by atoms with Crippen LogP contribution in [0.1, 0.15) is 19.4 Å². The molecule has 0 saturated heterocycles. The lowest BCUT2D eigenvalue weighted by Gasteiger charge is -2.31. The Bertz CT molecular complexity index is 429. The molecule has 0 fully saturated rings. The molecule has 0 atom stereocenters. The molecule has 0 unspecified atom stereocenters. The zero-order valence-corrected chi connectivity index (χ0v) is 11.3. The summed E-state index contributed by atoms with van der Waals surface area (Å²) in [6, 6.07) is 4.26. The Labute approximate surface area is 106 Å². The zero-order valence-electron chi connectivity index (χ0n) is 10.6. The van der Waals surface area contributed by atoms with Gasteiger partial charge in [0.05, 0.1) is 5.54 Å². The van der Waals surface area contributed by atoms with Gasteiger partial charge in [0.1, 0.15) is 5.82 Å². The molecule has 0 spiro atoms. The van der Waals surface area contributed by atoms with Crippen LogP contribution in [0.5, 0.6) is 0 Å². The van der Waals surface area contributed by atoms with E-state index in [1.807, 2.05) is 32.8 Å². The van der Waals surface area contributed by atoms with E-state index in [0.29, 0.717) is 10.6 Å². The fourth-order valence-electron chi connectivity index (χ4n) is 1.32. The van der Waals surface area contributed by atoms with Crippen LogP contribution < -0.4 is 0 Å². The summed E-state index contributed by atoms with van der Waals surface area (Å²) in [5, 5.41) is 0.442. The molecule has 4 heteroatoms. The first-order chi connectivity index (χ1) is 7.75. The third-order valence-corrected chi connectivity index (χ3v) is 3.39. The Hall–Kier alpha value is -0.930. The van der Waals surface area contributed by atoms with Crippen LogP contribution in [0.2, 0.25) is 5.02 Å². The van der Waals surface area contributed by atoms with E-state index in [-0.39, 0.29) is 12.2 Å². The minimum absolute atomic E-state index is 0.0383. The normalized spacial score (nSPS) is 11.9. The Morgan fingerprint density at radius 3 is 2.53 bits per heavy atom. The highest BCUT2D eigenvalue weighted by atomic mass is 35.5. The van der Waals surface area contributed by atoms with E-state index in [9.17, 15) is 9.18 Å². The highest BCUT2D eigenvalue weighted by molar-refractivity contribution is 6.30. The van der Waals surface area contributed by atoms with E-state index in [0.717, 1.165) is 0 Å². The molecule has 0 bridgehead atoms. The zero-order chi connectivity index (χ0) is 13.2. The largest absolute Gasteiger partial charge is 0.298 e. The van der Waals surface area contributed by atoms with Crippen molar-refractivity contribution in [1.29, 1.82) is 0 Å². The lowest BCUT2D eigenvalue weighted by molar-refractivity contribution is -0.127. The van der Waals surface area contributed by atoms with Gasteiger partial charge >= 0.3 is 0 Å². The van der Waals surface area contributed by atoms with Gasteiger partial charge in [-0.05, 0) is 51.7 Å². The number of halogens is 2. The van der Waals surface area contributed by atoms with Gasteiger partial charge in [0, 0.05) is 11.4 Å². The van der Waals surface area contributed by atoms with Gasteiger partial charge in [0.25, 0.3) is 0 Å². The first kappa shape index (κ1) is 14.1. The number of hydrogen-bond donors (Lipinski definition) is 0. The van der Waals surface area contributed by atoms with Crippen molar-refractivity contribution in [1.82, 2.24) is 4.90 Å². The molecular weight excluding hydrogens is 241 g/mol. The molecule has 1 aromatic carbocycles. The summed E-state index contributed by atoms with van der Waals surface area (Å²) in [5.74, 6) is -0.430. The molecule has 17 heavy (non-hydrogen) atoms. The number of carbonyl (C=O) groups is 1. The SMILES string of the molecule is CN(C)C(C)(C)C(=O)Cc1cc(Cl)ccc1F. The highest BCUT2D eigenvalue weighted by Crippen LogP contribution is 2.19. The monoisotopic (exact) mass is 257 g/mol. The molecule has 0 aromatic heterocycles. The molecule has 1 rings (SSSR count). The highest BCUT2D eigenvalue weighted by Gasteiger charge is 2.30. The minimum Gasteiger partial charge on any atom is -0.298 e. The fourth-order valence-corrected chi connectivity index (χ4v) is 1.51. The molecule has 0 heterocycles. The van der Waals surface area contributed by atoms with Gasteiger partial charge in [-0.1, -0.05) is 11.6 Å². The summed E-state index contributed by atoms with van der Waals surface area (Å²) < 4.78 is 13.5. The molecule has 94 valence electrons. The molecule has 1 aromatic rings. The van der Waals surface area contributed by atoms with Crippen LogP contribution in [-0.2, 0) is 11.2 Å². The summed E-state index contributed by atoms with van der Waals surface area (Å²) >= 11 is 5.79. The van der Waals surface area contributed by atoms with E-state index in [4.69, 9.17) is 11.6 Å². The van der Waals surface area contributed by atoms with Crippen molar-refractivity contribution in [2.24, 2.45) is 0 Å². The van der Waals surface area contributed by atoms with Gasteiger partial charge in [-0.3, -0.25) is 9.69 Å². The van der Waals surface area contributed by atoms with Gasteiger partial charge in [0.15, 0.2) is 5.78 Å². The molecule has 0 amide bonds. The average Bonchev–Trinajstić information content (AvgIpc) is 2.23. The van der Waals surface area contributed by atoms with Crippen LogP contribution in [0, 0.1) is 5.82 Å². The predicted molar refractivity (Wildman–Crippen MR) is 67.9 cm³/mol. The first-order valence-electron chi connectivity index (χ1n) is 5.40. The molecule has 2 nitrogen and oxygen atoms in total. The van der Waals surface area contributed by atoms with Gasteiger partial charge in [-0.15, -0.1) is 0 Å². The van der Waals surface area contributed by atoms with Crippen molar-refractivity contribution in [2.75, 3.05) is 14.1 Å². The number of ketones is 1. The lowest BCUT2D eigenvalue weighted by Crippen LogP contribution is -2.46. The van der Waals surface area contributed by atoms with Crippen LogP contribution >= 0.6 is 11.6 Å². The van der Waals surface area contributed by atoms with E-state index in [1.165, 1.54) is 18.2 Å². The minimum atomic E-state index is -0.616. The Morgan fingerprint density at radius 2 is 2.00 bits per heavy atom. The maximum absolute atomic E-state index is 13.5. The molecule has 0 aliphatic heterocycles. The van der Waals surface area contributed by atoms with Crippen molar-refractivity contribution >= 4 is 17.4 Å². The third kappa shape index (κ3) is 3.27. The van der Waals surface area contributed by atoms with Crippen molar-refractivity contribution in [2.45, 2.75) is 25.8 Å². The number of carbonyl (C=O) groups excluding carboxylic acids is 1. The summed E-state index contributed by atoms with van der Waals surface area (Å²) in [7, 11) is 3.65. The maximum atomic E-state index is 13.5. The van der Waals surface area contributed by atoms with Gasteiger partial charge in [-0.25, -0.2) is 4.39 Å². The molecular formula is C13H17ClFNO. The molecule has 0 saturated carbocycles. The number of rotatable bonds is 4. The van der Waals surface area contributed by atoms with Crippen LogP contribution in [0.25, 0.3) is 0 Å². The summed E-state index contributed by atoms with van der Waals surface area (Å²) in [6.45, 7) is 3.63. The van der Waals surface area contributed by atoms with Crippen LogP contribution in [-0.4, -0.2) is 30.3 Å². The van der Waals surface area contributed by atoms with Gasteiger partial charge < -0.3 is 0 Å². The third-order valence-electron chi connectivity index (χ3n) is 3.16. The second-order valence-electron chi connectivity index (χ2n) is 4.79. The van der Waals surface area contributed by atoms with E-state index >= 15 is 0 Å². The average molecular weight is 258 g/mol. The Balaban J connectivity index is 2.92. The first-order valence-corrected chi connectivity index (χ1v) is 5.77. The summed E-state index contributed by atoms with van der Waals surface area (Å²) in [6.07, 6.45) is 0.0531. The fraction of sp³-hybridized carbons (Fsp3) is 0.462. The molecule has 0 radical (unpaired) electrons. The second-order valence-corrected chi connectivity index (χ2v) is 5.23. The lowest BCUT2D eigenvalue weighted by atomic mass is 9.92. The number of likely N-dealkylation sites (N-methyl/N-ethyl adjacent to an activating group) is 1. The quantitative estimate of drug-likeness (QED) is 0.827. The Kier molecular flexibility index (Phi) is 4.28. The number of nitrogens with zero attached hydrogens (tertiary/aromatic N) is 1. The molecule has 0 aliphatic rings. The summed E-state index contributed by atoms with van der Waals surface area (Å²) in [4.78, 5) is 13.9.